The number of aliphatic hydroxyl groups excluding tert-OH is 2. The molecule has 1 aliphatic heterocycles. The lowest BCUT2D eigenvalue weighted by molar-refractivity contribution is -0.0215. The largest absolute Gasteiger partial charge is 0.399 e. The predicted octanol–water partition coefficient (Wildman–Crippen LogP) is -1.34. The first-order chi connectivity index (χ1) is 10.1. The monoisotopic (exact) mass is 294 g/mol. The van der Waals surface area contributed by atoms with Crippen molar-refractivity contribution in [1.82, 2.24) is 19.5 Å². The first-order valence-electron chi connectivity index (χ1n) is 6.14. The molecule has 112 valence electrons. The van der Waals surface area contributed by atoms with Crippen molar-refractivity contribution in [2.75, 3.05) is 12.8 Å². The lowest BCUT2D eigenvalue weighted by Crippen LogP contribution is -2.32. The van der Waals surface area contributed by atoms with Gasteiger partial charge in [0, 0.05) is 0 Å². The van der Waals surface area contributed by atoms with E-state index in [0.29, 0.717) is 11.2 Å². The molecule has 1 saturated heterocycles. The predicted molar refractivity (Wildman–Crippen MR) is 71.2 cm³/mol. The third kappa shape index (κ3) is 2.18. The fourth-order valence-electron chi connectivity index (χ4n) is 2.22. The Hall–Kier alpha value is -2.30. The van der Waals surface area contributed by atoms with Gasteiger partial charge in [-0.2, -0.15) is 0 Å². The van der Waals surface area contributed by atoms with Crippen molar-refractivity contribution < 1.29 is 19.8 Å². The Labute approximate surface area is 118 Å². The molecule has 4 N–H and O–H groups in total. The number of nitrogens with zero attached hydrogens (tertiary/aromatic N) is 5. The van der Waals surface area contributed by atoms with Crippen LogP contribution in [0.5, 0.6) is 0 Å². The molecule has 0 amide bonds. The Morgan fingerprint density at radius 1 is 1.38 bits per heavy atom. The highest BCUT2D eigenvalue weighted by Gasteiger charge is 2.43. The van der Waals surface area contributed by atoms with Gasteiger partial charge in [0.05, 0.1) is 12.5 Å². The van der Waals surface area contributed by atoms with Gasteiger partial charge >= 0.3 is 0 Å². The van der Waals surface area contributed by atoms with Gasteiger partial charge in [-0.3, -0.25) is 4.57 Å². The molecule has 21 heavy (non-hydrogen) atoms. The zero-order valence-electron chi connectivity index (χ0n) is 11.1. The van der Waals surface area contributed by atoms with Crippen molar-refractivity contribution in [3.8, 4) is 0 Å². The Balaban J connectivity index is 1.96. The van der Waals surface area contributed by atoms with Crippen LogP contribution in [0.15, 0.2) is 17.8 Å². The molecular formula is C11H14N6O4. The van der Waals surface area contributed by atoms with Crippen LogP contribution >= 0.6 is 0 Å². The standard InChI is InChI=1S/C11H14N6O4/c1-20-16-2-5-7(18)8(19)11(21-5)17-4-15-6-9(12)13-3-14-10(6)17/h2-5,7-8,11,18-19H,1H3,(H2,12,13,14)/b16-2+/t5-,7-,8-,11?/m1/s1. The summed E-state index contributed by atoms with van der Waals surface area (Å²) in [5.41, 5.74) is 6.51. The summed E-state index contributed by atoms with van der Waals surface area (Å²) in [6.07, 6.45) is -0.00778. The quantitative estimate of drug-likeness (QED) is 0.466. The van der Waals surface area contributed by atoms with E-state index in [-0.39, 0.29) is 5.82 Å². The first-order valence-corrected chi connectivity index (χ1v) is 6.14. The number of hydrogen-bond acceptors (Lipinski definition) is 9. The molecule has 4 atom stereocenters. The maximum absolute atomic E-state index is 10.1. The second kappa shape index (κ2) is 5.24. The number of imidazole rings is 1. The van der Waals surface area contributed by atoms with Crippen molar-refractivity contribution in [3.63, 3.8) is 0 Å². The Kier molecular flexibility index (Phi) is 3.41. The number of oxime groups is 1. The highest BCUT2D eigenvalue weighted by atomic mass is 16.6. The molecule has 10 heteroatoms. The molecule has 10 nitrogen and oxygen atoms in total. The van der Waals surface area contributed by atoms with Crippen LogP contribution in [-0.2, 0) is 9.57 Å². The van der Waals surface area contributed by atoms with E-state index in [1.807, 2.05) is 0 Å². The average Bonchev–Trinajstić information content (AvgIpc) is 3.02. The molecule has 2 aromatic rings. The fraction of sp³-hybridized carbons (Fsp3) is 0.455. The summed E-state index contributed by atoms with van der Waals surface area (Å²) in [6.45, 7) is 0. The van der Waals surface area contributed by atoms with Crippen LogP contribution in [0.2, 0.25) is 0 Å². The van der Waals surface area contributed by atoms with Crippen LogP contribution in [-0.4, -0.2) is 61.4 Å². The number of aromatic nitrogens is 4. The molecule has 3 rings (SSSR count). The molecule has 3 heterocycles. The van der Waals surface area contributed by atoms with Crippen LogP contribution in [0.3, 0.4) is 0 Å². The summed E-state index contributed by atoms with van der Waals surface area (Å²) in [4.78, 5) is 16.5. The second-order valence-corrected chi connectivity index (χ2v) is 4.49. The van der Waals surface area contributed by atoms with Gasteiger partial charge in [-0.1, -0.05) is 5.16 Å². The van der Waals surface area contributed by atoms with Gasteiger partial charge in [0.25, 0.3) is 0 Å². The molecule has 0 radical (unpaired) electrons. The summed E-state index contributed by atoms with van der Waals surface area (Å²) >= 11 is 0. The number of aliphatic hydroxyl groups is 2. The zero-order chi connectivity index (χ0) is 15.0. The van der Waals surface area contributed by atoms with Crippen molar-refractivity contribution in [3.05, 3.63) is 12.7 Å². The topological polar surface area (TPSA) is 141 Å². The minimum absolute atomic E-state index is 0.226. The Bertz CT molecular complexity index is 674. The smallest absolute Gasteiger partial charge is 0.167 e. The summed E-state index contributed by atoms with van der Waals surface area (Å²) < 4.78 is 7.06. The van der Waals surface area contributed by atoms with E-state index < -0.39 is 24.5 Å². The normalized spacial score (nSPS) is 29.5. The molecule has 1 unspecified atom stereocenters. The van der Waals surface area contributed by atoms with Crippen LogP contribution in [0.1, 0.15) is 6.23 Å². The molecular weight excluding hydrogens is 280 g/mol. The van der Waals surface area contributed by atoms with Crippen molar-refractivity contribution in [2.24, 2.45) is 5.16 Å². The third-order valence-corrected chi connectivity index (χ3v) is 3.25. The maximum atomic E-state index is 10.1. The Morgan fingerprint density at radius 2 is 2.19 bits per heavy atom. The SMILES string of the molecule is CO/N=C/[C@H]1OC(n2cnc3c(N)ncnc32)[C@H](O)[C@@H]1O. The molecule has 1 aliphatic rings. The fourth-order valence-corrected chi connectivity index (χ4v) is 2.22. The summed E-state index contributed by atoms with van der Waals surface area (Å²) in [5.74, 6) is 0.226. The number of anilines is 1. The van der Waals surface area contributed by atoms with E-state index >= 15 is 0 Å². The van der Waals surface area contributed by atoms with E-state index in [1.165, 1.54) is 30.5 Å². The van der Waals surface area contributed by atoms with Gasteiger partial charge in [0.15, 0.2) is 17.7 Å². The number of nitrogen functional groups attached to an aromatic ring is 1. The van der Waals surface area contributed by atoms with Gasteiger partial charge in [-0.25, -0.2) is 15.0 Å². The van der Waals surface area contributed by atoms with E-state index in [0.717, 1.165) is 0 Å². The molecule has 0 bridgehead atoms. The first kappa shape index (κ1) is 13.7. The highest BCUT2D eigenvalue weighted by Crippen LogP contribution is 2.31. The average molecular weight is 294 g/mol. The van der Waals surface area contributed by atoms with Gasteiger partial charge in [0.1, 0.15) is 37.3 Å². The maximum Gasteiger partial charge on any atom is 0.167 e. The van der Waals surface area contributed by atoms with E-state index in [9.17, 15) is 10.2 Å². The van der Waals surface area contributed by atoms with Crippen molar-refractivity contribution >= 4 is 23.2 Å². The summed E-state index contributed by atoms with van der Waals surface area (Å²) in [7, 11) is 1.37. The number of nitrogens with two attached hydrogens (primary N) is 1. The molecule has 2 aromatic heterocycles. The van der Waals surface area contributed by atoms with Crippen LogP contribution in [0.25, 0.3) is 11.2 Å². The minimum atomic E-state index is -1.17. The zero-order valence-corrected chi connectivity index (χ0v) is 11.1. The number of fused-ring (bicyclic) bond motifs is 1. The van der Waals surface area contributed by atoms with Crippen LogP contribution in [0.4, 0.5) is 5.82 Å². The van der Waals surface area contributed by atoms with Gasteiger partial charge in [0.2, 0.25) is 0 Å². The van der Waals surface area contributed by atoms with Crippen LogP contribution < -0.4 is 5.73 Å². The van der Waals surface area contributed by atoms with Gasteiger partial charge < -0.3 is 25.5 Å². The number of ether oxygens (including phenoxy) is 1. The minimum Gasteiger partial charge on any atom is -0.399 e. The lowest BCUT2D eigenvalue weighted by atomic mass is 10.1. The molecule has 0 spiro atoms. The lowest BCUT2D eigenvalue weighted by Gasteiger charge is -2.16. The molecule has 0 aromatic carbocycles. The van der Waals surface area contributed by atoms with Crippen LogP contribution in [0, 0.1) is 0 Å². The van der Waals surface area contributed by atoms with E-state index in [2.05, 4.69) is 24.9 Å². The molecule has 1 fully saturated rings. The Morgan fingerprint density at radius 3 is 2.95 bits per heavy atom. The second-order valence-electron chi connectivity index (χ2n) is 4.49. The third-order valence-electron chi connectivity index (χ3n) is 3.25. The van der Waals surface area contributed by atoms with Crippen molar-refractivity contribution in [1.29, 1.82) is 0 Å². The summed E-state index contributed by atoms with van der Waals surface area (Å²) in [6, 6.07) is 0. The van der Waals surface area contributed by atoms with Gasteiger partial charge in [-0.15, -0.1) is 0 Å². The highest BCUT2D eigenvalue weighted by molar-refractivity contribution is 5.81. The van der Waals surface area contributed by atoms with E-state index in [1.54, 1.807) is 0 Å². The number of rotatable bonds is 3. The molecule has 0 saturated carbocycles. The summed E-state index contributed by atoms with van der Waals surface area (Å²) in [5, 5.41) is 23.6. The van der Waals surface area contributed by atoms with Gasteiger partial charge in [-0.05, 0) is 0 Å². The number of hydrogen-bond donors (Lipinski definition) is 3. The van der Waals surface area contributed by atoms with E-state index in [4.69, 9.17) is 10.5 Å². The molecule has 0 aliphatic carbocycles. The van der Waals surface area contributed by atoms with Crippen molar-refractivity contribution in [2.45, 2.75) is 24.5 Å².